The quantitative estimate of drug-likeness (QED) is 0.612. The maximum absolute atomic E-state index is 12.1. The Bertz CT molecular complexity index is 899. The number of nitro groups is 2. The summed E-state index contributed by atoms with van der Waals surface area (Å²) in [7, 11) is 0. The zero-order valence-electron chi connectivity index (χ0n) is 14.5. The zero-order valence-corrected chi connectivity index (χ0v) is 14.5. The normalized spacial score (nSPS) is 14.1. The first-order valence-corrected chi connectivity index (χ1v) is 8.52. The summed E-state index contributed by atoms with van der Waals surface area (Å²) in [6, 6.07) is 10.9. The molecule has 0 spiro atoms. The van der Waals surface area contributed by atoms with Crippen molar-refractivity contribution in [3.8, 4) is 0 Å². The van der Waals surface area contributed by atoms with Crippen LogP contribution in [0.3, 0.4) is 0 Å². The van der Waals surface area contributed by atoms with E-state index in [1.165, 1.54) is 12.1 Å². The largest absolute Gasteiger partial charge is 0.375 e. The van der Waals surface area contributed by atoms with Crippen LogP contribution in [0.15, 0.2) is 42.5 Å². The lowest BCUT2D eigenvalue weighted by Gasteiger charge is -2.27. The predicted octanol–water partition coefficient (Wildman–Crippen LogP) is 3.63. The maximum atomic E-state index is 12.1. The maximum Gasteiger partial charge on any atom is 0.299 e. The van der Waals surface area contributed by atoms with E-state index in [4.69, 9.17) is 0 Å². The lowest BCUT2D eigenvalue weighted by molar-refractivity contribution is -0.393. The Balaban J connectivity index is 1.77. The Kier molecular flexibility index (Phi) is 5.30. The van der Waals surface area contributed by atoms with Gasteiger partial charge < -0.3 is 10.2 Å². The van der Waals surface area contributed by atoms with Gasteiger partial charge in [-0.3, -0.25) is 25.0 Å². The second-order valence-corrected chi connectivity index (χ2v) is 6.24. The molecule has 27 heavy (non-hydrogen) atoms. The standard InChI is InChI=1S/C18H18N4O5/c23-18-6-1-2-9-20(18)14-5-3-4-13(10-14)12-19-16-8-7-15(21(24)25)11-17(16)22(26)27/h3-5,7-8,10-11,19H,1-2,6,9,12H2. The highest BCUT2D eigenvalue weighted by atomic mass is 16.6. The molecule has 0 aliphatic carbocycles. The Morgan fingerprint density at radius 1 is 1.04 bits per heavy atom. The van der Waals surface area contributed by atoms with E-state index in [1.807, 2.05) is 24.3 Å². The van der Waals surface area contributed by atoms with Crippen molar-refractivity contribution in [3.63, 3.8) is 0 Å². The van der Waals surface area contributed by atoms with Gasteiger partial charge in [0.1, 0.15) is 5.69 Å². The van der Waals surface area contributed by atoms with Gasteiger partial charge in [0.15, 0.2) is 0 Å². The number of hydrogen-bond donors (Lipinski definition) is 1. The van der Waals surface area contributed by atoms with E-state index in [-0.39, 0.29) is 29.5 Å². The molecular weight excluding hydrogens is 352 g/mol. The SMILES string of the molecule is O=C1CCCCN1c1cccc(CNc2ccc([N+](=O)[O-])cc2[N+](=O)[O-])c1. The predicted molar refractivity (Wildman–Crippen MR) is 99.7 cm³/mol. The molecule has 1 amide bonds. The van der Waals surface area contributed by atoms with Gasteiger partial charge in [-0.15, -0.1) is 0 Å². The Labute approximate surface area is 154 Å². The monoisotopic (exact) mass is 370 g/mol. The summed E-state index contributed by atoms with van der Waals surface area (Å²) in [6.45, 7) is 0.970. The summed E-state index contributed by atoms with van der Waals surface area (Å²) in [4.78, 5) is 34.5. The molecule has 0 unspecified atom stereocenters. The van der Waals surface area contributed by atoms with Crippen molar-refractivity contribution < 1.29 is 14.6 Å². The number of nitrogens with zero attached hydrogens (tertiary/aromatic N) is 3. The van der Waals surface area contributed by atoms with Gasteiger partial charge in [0, 0.05) is 31.3 Å². The van der Waals surface area contributed by atoms with Crippen molar-refractivity contribution in [2.75, 3.05) is 16.8 Å². The first kappa shape index (κ1) is 18.3. The lowest BCUT2D eigenvalue weighted by atomic mass is 10.1. The molecule has 2 aromatic rings. The molecule has 0 saturated carbocycles. The Morgan fingerprint density at radius 2 is 1.85 bits per heavy atom. The van der Waals surface area contributed by atoms with Gasteiger partial charge in [0.05, 0.1) is 15.9 Å². The Hall–Kier alpha value is -3.49. The van der Waals surface area contributed by atoms with Gasteiger partial charge >= 0.3 is 0 Å². The van der Waals surface area contributed by atoms with Gasteiger partial charge in [-0.25, -0.2) is 0 Å². The van der Waals surface area contributed by atoms with E-state index in [1.54, 1.807) is 4.90 Å². The minimum atomic E-state index is -0.671. The minimum absolute atomic E-state index is 0.0948. The van der Waals surface area contributed by atoms with Crippen LogP contribution in [0.25, 0.3) is 0 Å². The molecule has 1 aliphatic rings. The molecule has 140 valence electrons. The lowest BCUT2D eigenvalue weighted by Crippen LogP contribution is -2.35. The van der Waals surface area contributed by atoms with Crippen molar-refractivity contribution in [3.05, 3.63) is 68.3 Å². The molecule has 0 atom stereocenters. The molecule has 1 saturated heterocycles. The molecule has 1 aliphatic heterocycles. The second-order valence-electron chi connectivity index (χ2n) is 6.24. The topological polar surface area (TPSA) is 119 Å². The molecule has 1 N–H and O–H groups in total. The second kappa shape index (κ2) is 7.81. The molecule has 0 aromatic heterocycles. The minimum Gasteiger partial charge on any atom is -0.375 e. The van der Waals surface area contributed by atoms with Crippen LogP contribution in [0.5, 0.6) is 0 Å². The summed E-state index contributed by atoms with van der Waals surface area (Å²) >= 11 is 0. The van der Waals surface area contributed by atoms with E-state index in [9.17, 15) is 25.0 Å². The summed E-state index contributed by atoms with van der Waals surface area (Å²) in [5.41, 5.74) is 1.16. The molecule has 9 nitrogen and oxygen atoms in total. The number of rotatable bonds is 6. The van der Waals surface area contributed by atoms with Gasteiger partial charge in [-0.05, 0) is 36.6 Å². The molecule has 2 aromatic carbocycles. The highest BCUT2D eigenvalue weighted by Gasteiger charge is 2.21. The van der Waals surface area contributed by atoms with Gasteiger partial charge in [-0.2, -0.15) is 0 Å². The van der Waals surface area contributed by atoms with Crippen molar-refractivity contribution in [1.82, 2.24) is 0 Å². The third kappa shape index (κ3) is 4.20. The fourth-order valence-corrected chi connectivity index (χ4v) is 3.04. The average molecular weight is 370 g/mol. The van der Waals surface area contributed by atoms with Gasteiger partial charge in [-0.1, -0.05) is 12.1 Å². The fourth-order valence-electron chi connectivity index (χ4n) is 3.04. The number of carbonyl (C=O) groups is 1. The Morgan fingerprint density at radius 3 is 2.56 bits per heavy atom. The number of hydrogen-bond acceptors (Lipinski definition) is 6. The van der Waals surface area contributed by atoms with Crippen molar-refractivity contribution >= 4 is 28.7 Å². The number of piperidine rings is 1. The van der Waals surface area contributed by atoms with E-state index in [0.717, 1.165) is 30.2 Å². The van der Waals surface area contributed by atoms with Crippen molar-refractivity contribution in [2.24, 2.45) is 0 Å². The number of nitrogens with one attached hydrogen (secondary N) is 1. The molecule has 1 heterocycles. The number of non-ortho nitro benzene ring substituents is 1. The highest BCUT2D eigenvalue weighted by Crippen LogP contribution is 2.29. The van der Waals surface area contributed by atoms with Crippen LogP contribution in [0.2, 0.25) is 0 Å². The van der Waals surface area contributed by atoms with Crippen LogP contribution in [0, 0.1) is 20.2 Å². The van der Waals surface area contributed by atoms with Crippen LogP contribution >= 0.6 is 0 Å². The summed E-state index contributed by atoms with van der Waals surface area (Å²) in [5.74, 6) is 0.0948. The van der Waals surface area contributed by atoms with E-state index in [2.05, 4.69) is 5.32 Å². The molecule has 0 bridgehead atoms. The van der Waals surface area contributed by atoms with Crippen LogP contribution in [0.1, 0.15) is 24.8 Å². The first-order chi connectivity index (χ1) is 13.0. The molecule has 0 radical (unpaired) electrons. The van der Waals surface area contributed by atoms with E-state index in [0.29, 0.717) is 13.0 Å². The van der Waals surface area contributed by atoms with Crippen LogP contribution in [-0.2, 0) is 11.3 Å². The third-order valence-corrected chi connectivity index (χ3v) is 4.42. The van der Waals surface area contributed by atoms with Crippen LogP contribution in [-0.4, -0.2) is 22.3 Å². The number of anilines is 2. The first-order valence-electron chi connectivity index (χ1n) is 8.52. The highest BCUT2D eigenvalue weighted by molar-refractivity contribution is 5.94. The number of amides is 1. The van der Waals surface area contributed by atoms with Crippen molar-refractivity contribution in [2.45, 2.75) is 25.8 Å². The van der Waals surface area contributed by atoms with E-state index < -0.39 is 9.85 Å². The van der Waals surface area contributed by atoms with Crippen LogP contribution < -0.4 is 10.2 Å². The fraction of sp³-hybridized carbons (Fsp3) is 0.278. The summed E-state index contributed by atoms with van der Waals surface area (Å²) in [6.07, 6.45) is 2.40. The average Bonchev–Trinajstić information content (AvgIpc) is 2.66. The summed E-state index contributed by atoms with van der Waals surface area (Å²) < 4.78 is 0. The zero-order chi connectivity index (χ0) is 19.4. The molecule has 3 rings (SSSR count). The van der Waals surface area contributed by atoms with Crippen molar-refractivity contribution in [1.29, 1.82) is 0 Å². The molecular formula is C18H18N4O5. The van der Waals surface area contributed by atoms with E-state index >= 15 is 0 Å². The molecule has 9 heteroatoms. The van der Waals surface area contributed by atoms with Gasteiger partial charge in [0.2, 0.25) is 5.91 Å². The molecule has 1 fully saturated rings. The summed E-state index contributed by atoms with van der Waals surface area (Å²) in [5, 5.41) is 25.0. The number of carbonyl (C=O) groups excluding carboxylic acids is 1. The van der Waals surface area contributed by atoms with Gasteiger partial charge in [0.25, 0.3) is 11.4 Å². The van der Waals surface area contributed by atoms with Crippen LogP contribution in [0.4, 0.5) is 22.7 Å². The third-order valence-electron chi connectivity index (χ3n) is 4.42. The number of nitro benzene ring substituents is 2. The number of benzene rings is 2. The smallest absolute Gasteiger partial charge is 0.299 e.